The van der Waals surface area contributed by atoms with Gasteiger partial charge in [-0.2, -0.15) is 0 Å². The number of aliphatic hydroxyl groups is 1. The van der Waals surface area contributed by atoms with Gasteiger partial charge in [0.15, 0.2) is 0 Å². The highest BCUT2D eigenvalue weighted by atomic mass is 16.3. The quantitative estimate of drug-likeness (QED) is 0.886. The number of rotatable bonds is 4. The summed E-state index contributed by atoms with van der Waals surface area (Å²) in [5.41, 5.74) is 3.81. The van der Waals surface area contributed by atoms with E-state index in [1.807, 2.05) is 6.07 Å². The van der Waals surface area contributed by atoms with Crippen molar-refractivity contribution in [2.75, 3.05) is 0 Å². The molecule has 0 spiro atoms. The summed E-state index contributed by atoms with van der Waals surface area (Å²) < 4.78 is 0. The Morgan fingerprint density at radius 3 is 2.25 bits per heavy atom. The average molecular weight is 266 g/mol. The molecule has 0 aliphatic heterocycles. The van der Waals surface area contributed by atoms with Crippen LogP contribution in [0, 0.1) is 6.92 Å². The molecule has 104 valence electrons. The van der Waals surface area contributed by atoms with Crippen molar-refractivity contribution in [1.82, 2.24) is 0 Å². The summed E-state index contributed by atoms with van der Waals surface area (Å²) in [5.74, 6) is 0. The standard InChI is InChI=1S/C19H22O/c1-15-8-5-6-9-16(15)14-18(20)19(12-7-13-19)17-10-3-2-4-11-17/h2-6,8-11,18,20H,7,12-14H2,1H3. The molecule has 1 nitrogen and oxygen atoms in total. The van der Waals surface area contributed by atoms with Crippen LogP contribution in [-0.2, 0) is 11.8 Å². The zero-order chi connectivity index (χ0) is 14.0. The van der Waals surface area contributed by atoms with Gasteiger partial charge in [0.1, 0.15) is 0 Å². The summed E-state index contributed by atoms with van der Waals surface area (Å²) in [6, 6.07) is 18.9. The molecule has 0 bridgehead atoms. The second kappa shape index (κ2) is 5.41. The van der Waals surface area contributed by atoms with Gasteiger partial charge < -0.3 is 5.11 Å². The zero-order valence-electron chi connectivity index (χ0n) is 12.0. The minimum atomic E-state index is -0.292. The number of aryl methyl sites for hydroxylation is 1. The molecule has 0 radical (unpaired) electrons. The molecule has 1 atom stereocenters. The number of hydrogen-bond donors (Lipinski definition) is 1. The van der Waals surface area contributed by atoms with Gasteiger partial charge in [-0.15, -0.1) is 0 Å². The average Bonchev–Trinajstić information content (AvgIpc) is 2.41. The van der Waals surface area contributed by atoms with Crippen LogP contribution in [0.15, 0.2) is 54.6 Å². The highest BCUT2D eigenvalue weighted by Crippen LogP contribution is 2.47. The van der Waals surface area contributed by atoms with Crippen molar-refractivity contribution >= 4 is 0 Å². The molecule has 1 aliphatic rings. The zero-order valence-corrected chi connectivity index (χ0v) is 12.0. The van der Waals surface area contributed by atoms with Crippen molar-refractivity contribution in [3.8, 4) is 0 Å². The maximum atomic E-state index is 10.9. The third-order valence-electron chi connectivity index (χ3n) is 4.91. The summed E-state index contributed by atoms with van der Waals surface area (Å²) >= 11 is 0. The Bertz CT molecular complexity index is 569. The lowest BCUT2D eigenvalue weighted by Crippen LogP contribution is -2.46. The second-order valence-corrected chi connectivity index (χ2v) is 6.02. The predicted octanol–water partition coefficient (Wildman–Crippen LogP) is 4.02. The fourth-order valence-electron chi connectivity index (χ4n) is 3.38. The fraction of sp³-hybridized carbons (Fsp3) is 0.368. The largest absolute Gasteiger partial charge is 0.392 e. The molecular weight excluding hydrogens is 244 g/mol. The summed E-state index contributed by atoms with van der Waals surface area (Å²) in [6.45, 7) is 2.12. The van der Waals surface area contributed by atoms with E-state index in [-0.39, 0.29) is 11.5 Å². The number of hydrogen-bond acceptors (Lipinski definition) is 1. The van der Waals surface area contributed by atoms with Crippen molar-refractivity contribution < 1.29 is 5.11 Å². The second-order valence-electron chi connectivity index (χ2n) is 6.02. The smallest absolute Gasteiger partial charge is 0.0677 e. The van der Waals surface area contributed by atoms with Gasteiger partial charge in [0.05, 0.1) is 6.10 Å². The molecule has 0 heterocycles. The fourth-order valence-corrected chi connectivity index (χ4v) is 3.38. The molecule has 1 N–H and O–H groups in total. The maximum Gasteiger partial charge on any atom is 0.0677 e. The van der Waals surface area contributed by atoms with Crippen LogP contribution in [0.3, 0.4) is 0 Å². The summed E-state index contributed by atoms with van der Waals surface area (Å²) in [4.78, 5) is 0. The highest BCUT2D eigenvalue weighted by molar-refractivity contribution is 5.33. The van der Waals surface area contributed by atoms with Gasteiger partial charge in [0.2, 0.25) is 0 Å². The molecule has 1 fully saturated rings. The van der Waals surface area contributed by atoms with Crippen LogP contribution in [0.2, 0.25) is 0 Å². The Hall–Kier alpha value is -1.60. The van der Waals surface area contributed by atoms with Gasteiger partial charge in [-0.3, -0.25) is 0 Å². The van der Waals surface area contributed by atoms with Gasteiger partial charge in [-0.1, -0.05) is 61.0 Å². The van der Waals surface area contributed by atoms with Crippen LogP contribution in [0.25, 0.3) is 0 Å². The Morgan fingerprint density at radius 2 is 1.65 bits per heavy atom. The SMILES string of the molecule is Cc1ccccc1CC(O)C1(c2ccccc2)CCC1. The van der Waals surface area contributed by atoms with Crippen LogP contribution in [0.5, 0.6) is 0 Å². The van der Waals surface area contributed by atoms with E-state index in [2.05, 4.69) is 55.5 Å². The molecule has 2 aromatic rings. The third kappa shape index (κ3) is 2.27. The molecule has 0 aromatic heterocycles. The molecule has 2 aromatic carbocycles. The summed E-state index contributed by atoms with van der Waals surface area (Å²) in [7, 11) is 0. The van der Waals surface area contributed by atoms with Gasteiger partial charge in [0, 0.05) is 5.41 Å². The molecule has 20 heavy (non-hydrogen) atoms. The van der Waals surface area contributed by atoms with E-state index in [1.54, 1.807) is 0 Å². The topological polar surface area (TPSA) is 20.2 Å². The highest BCUT2D eigenvalue weighted by Gasteiger charge is 2.44. The monoisotopic (exact) mass is 266 g/mol. The van der Waals surface area contributed by atoms with Crippen LogP contribution < -0.4 is 0 Å². The first kappa shape index (κ1) is 13.4. The predicted molar refractivity (Wildman–Crippen MR) is 82.9 cm³/mol. The number of benzene rings is 2. The van der Waals surface area contributed by atoms with Crippen molar-refractivity contribution in [3.05, 3.63) is 71.3 Å². The molecule has 3 rings (SSSR count). The van der Waals surface area contributed by atoms with Gasteiger partial charge in [0.25, 0.3) is 0 Å². The van der Waals surface area contributed by atoms with E-state index in [1.165, 1.54) is 23.1 Å². The van der Waals surface area contributed by atoms with Crippen molar-refractivity contribution in [3.63, 3.8) is 0 Å². The van der Waals surface area contributed by atoms with E-state index in [9.17, 15) is 5.11 Å². The first-order chi connectivity index (χ1) is 9.72. The van der Waals surface area contributed by atoms with E-state index in [0.29, 0.717) is 0 Å². The Morgan fingerprint density at radius 1 is 1.00 bits per heavy atom. The van der Waals surface area contributed by atoms with Gasteiger partial charge in [-0.25, -0.2) is 0 Å². The molecular formula is C19H22O. The lowest BCUT2D eigenvalue weighted by molar-refractivity contribution is 0.0285. The minimum absolute atomic E-state index is 0.0243. The van der Waals surface area contributed by atoms with Crippen LogP contribution in [-0.4, -0.2) is 11.2 Å². The first-order valence-corrected chi connectivity index (χ1v) is 7.50. The molecule has 1 aliphatic carbocycles. The lowest BCUT2D eigenvalue weighted by Gasteiger charge is -2.46. The Kier molecular flexibility index (Phi) is 3.62. The normalized spacial score (nSPS) is 18.3. The van der Waals surface area contributed by atoms with E-state index in [0.717, 1.165) is 19.3 Å². The minimum Gasteiger partial charge on any atom is -0.392 e. The van der Waals surface area contributed by atoms with E-state index >= 15 is 0 Å². The van der Waals surface area contributed by atoms with Crippen molar-refractivity contribution in [2.24, 2.45) is 0 Å². The first-order valence-electron chi connectivity index (χ1n) is 7.50. The van der Waals surface area contributed by atoms with Crippen LogP contribution >= 0.6 is 0 Å². The van der Waals surface area contributed by atoms with Crippen molar-refractivity contribution in [1.29, 1.82) is 0 Å². The molecule has 0 amide bonds. The molecule has 1 heteroatoms. The molecule has 1 saturated carbocycles. The van der Waals surface area contributed by atoms with Crippen molar-refractivity contribution in [2.45, 2.75) is 44.1 Å². The molecule has 1 unspecified atom stereocenters. The van der Waals surface area contributed by atoms with Gasteiger partial charge >= 0.3 is 0 Å². The summed E-state index contributed by atoms with van der Waals surface area (Å²) in [6.07, 6.45) is 3.88. The summed E-state index contributed by atoms with van der Waals surface area (Å²) in [5, 5.41) is 10.9. The van der Waals surface area contributed by atoms with E-state index in [4.69, 9.17) is 0 Å². The molecule has 0 saturated heterocycles. The Labute approximate surface area is 121 Å². The van der Waals surface area contributed by atoms with Gasteiger partial charge in [-0.05, 0) is 42.9 Å². The van der Waals surface area contributed by atoms with Crippen LogP contribution in [0.1, 0.15) is 36.0 Å². The third-order valence-corrected chi connectivity index (χ3v) is 4.91. The lowest BCUT2D eigenvalue weighted by atomic mass is 9.60. The van der Waals surface area contributed by atoms with Crippen LogP contribution in [0.4, 0.5) is 0 Å². The van der Waals surface area contributed by atoms with E-state index < -0.39 is 0 Å². The Balaban J connectivity index is 1.85. The maximum absolute atomic E-state index is 10.9. The number of aliphatic hydroxyl groups excluding tert-OH is 1.